The van der Waals surface area contributed by atoms with Crippen LogP contribution in [0.15, 0.2) is 59.8 Å². The molecule has 0 aliphatic heterocycles. The maximum absolute atomic E-state index is 12.7. The molecule has 1 N–H and O–H groups in total. The van der Waals surface area contributed by atoms with E-state index >= 15 is 0 Å². The van der Waals surface area contributed by atoms with Gasteiger partial charge in [0, 0.05) is 21.7 Å². The first-order valence-corrected chi connectivity index (χ1v) is 12.6. The fourth-order valence-corrected chi connectivity index (χ4v) is 4.86. The Balaban J connectivity index is 1.49. The van der Waals surface area contributed by atoms with Crippen molar-refractivity contribution in [3.8, 4) is 11.4 Å². The van der Waals surface area contributed by atoms with Gasteiger partial charge in [-0.25, -0.2) is 19.6 Å². The molecular formula is C28H27ClN6O3. The second-order valence-corrected chi connectivity index (χ2v) is 9.47. The van der Waals surface area contributed by atoms with Crippen molar-refractivity contribution >= 4 is 28.4 Å². The fourth-order valence-electron chi connectivity index (χ4n) is 4.52. The van der Waals surface area contributed by atoms with Crippen molar-refractivity contribution in [1.82, 2.24) is 30.0 Å². The molecular weight excluding hydrogens is 504 g/mol. The maximum atomic E-state index is 12.7. The summed E-state index contributed by atoms with van der Waals surface area (Å²) in [5, 5.41) is 8.88. The van der Waals surface area contributed by atoms with E-state index in [4.69, 9.17) is 25.7 Å². The van der Waals surface area contributed by atoms with Gasteiger partial charge in [0.1, 0.15) is 36.3 Å². The van der Waals surface area contributed by atoms with Crippen molar-refractivity contribution < 1.29 is 13.9 Å². The molecule has 0 spiro atoms. The molecule has 0 saturated carbocycles. The minimum absolute atomic E-state index is 0.192. The SMILES string of the molecule is CC[C@H](NC(=O)c1cocn1)c1cc(C)cc(Cl)c1COc1cccc2c(-n3ncnc3C)cc(C)nc12. The van der Waals surface area contributed by atoms with E-state index in [2.05, 4.69) is 20.4 Å². The van der Waals surface area contributed by atoms with Crippen LogP contribution in [0.5, 0.6) is 5.75 Å². The fraction of sp³-hybridized carbons (Fsp3) is 0.250. The second kappa shape index (κ2) is 10.6. The summed E-state index contributed by atoms with van der Waals surface area (Å²) in [6, 6.07) is 11.4. The van der Waals surface area contributed by atoms with Crippen LogP contribution in [0, 0.1) is 20.8 Å². The van der Waals surface area contributed by atoms with Gasteiger partial charge in [-0.3, -0.25) is 4.79 Å². The number of benzene rings is 2. The van der Waals surface area contributed by atoms with Gasteiger partial charge in [0.05, 0.1) is 11.7 Å². The van der Waals surface area contributed by atoms with Crippen LogP contribution >= 0.6 is 11.6 Å². The lowest BCUT2D eigenvalue weighted by Crippen LogP contribution is -2.29. The predicted molar refractivity (Wildman–Crippen MR) is 144 cm³/mol. The van der Waals surface area contributed by atoms with Crippen LogP contribution in [0.25, 0.3) is 16.6 Å². The lowest BCUT2D eigenvalue weighted by molar-refractivity contribution is 0.0930. The van der Waals surface area contributed by atoms with Crippen LogP contribution < -0.4 is 10.1 Å². The molecule has 9 nitrogen and oxygen atoms in total. The summed E-state index contributed by atoms with van der Waals surface area (Å²) in [5.74, 6) is 1.07. The van der Waals surface area contributed by atoms with E-state index in [1.165, 1.54) is 19.0 Å². The van der Waals surface area contributed by atoms with Gasteiger partial charge in [0.2, 0.25) is 0 Å². The molecule has 0 bridgehead atoms. The maximum Gasteiger partial charge on any atom is 0.273 e. The highest BCUT2D eigenvalue weighted by atomic mass is 35.5. The first kappa shape index (κ1) is 25.4. The number of fused-ring (bicyclic) bond motifs is 1. The van der Waals surface area contributed by atoms with Gasteiger partial charge >= 0.3 is 0 Å². The first-order chi connectivity index (χ1) is 18.4. The number of rotatable bonds is 8. The number of halogens is 1. The van der Waals surface area contributed by atoms with Crippen LogP contribution in [-0.2, 0) is 6.61 Å². The molecule has 38 heavy (non-hydrogen) atoms. The first-order valence-electron chi connectivity index (χ1n) is 12.2. The Morgan fingerprint density at radius 2 is 2.03 bits per heavy atom. The molecule has 0 aliphatic rings. The molecule has 1 atom stereocenters. The highest BCUT2D eigenvalue weighted by Gasteiger charge is 2.22. The van der Waals surface area contributed by atoms with Crippen LogP contribution in [-0.4, -0.2) is 30.6 Å². The number of aromatic nitrogens is 5. The average Bonchev–Trinajstić information content (AvgIpc) is 3.58. The molecule has 2 aromatic carbocycles. The largest absolute Gasteiger partial charge is 0.487 e. The van der Waals surface area contributed by atoms with E-state index in [1.54, 1.807) is 4.68 Å². The average molecular weight is 531 g/mol. The van der Waals surface area contributed by atoms with Gasteiger partial charge in [-0.15, -0.1) is 0 Å². The third-order valence-corrected chi connectivity index (χ3v) is 6.69. The molecule has 0 fully saturated rings. The topological polar surface area (TPSA) is 108 Å². The lowest BCUT2D eigenvalue weighted by Gasteiger charge is -2.22. The monoisotopic (exact) mass is 530 g/mol. The van der Waals surface area contributed by atoms with Crippen molar-refractivity contribution in [2.75, 3.05) is 0 Å². The molecule has 5 aromatic rings. The van der Waals surface area contributed by atoms with E-state index in [1.807, 2.05) is 64.1 Å². The molecule has 5 rings (SSSR count). The highest BCUT2D eigenvalue weighted by molar-refractivity contribution is 6.31. The Kier molecular flexibility index (Phi) is 7.11. The van der Waals surface area contributed by atoms with Gasteiger partial charge < -0.3 is 14.5 Å². The van der Waals surface area contributed by atoms with Crippen molar-refractivity contribution in [2.24, 2.45) is 0 Å². The molecule has 194 valence electrons. The van der Waals surface area contributed by atoms with Gasteiger partial charge in [-0.1, -0.05) is 36.7 Å². The summed E-state index contributed by atoms with van der Waals surface area (Å²) >= 11 is 6.74. The third-order valence-electron chi connectivity index (χ3n) is 6.36. The molecule has 0 unspecified atom stereocenters. The summed E-state index contributed by atoms with van der Waals surface area (Å²) < 4.78 is 13.1. The molecule has 0 aliphatic carbocycles. The van der Waals surface area contributed by atoms with Crippen molar-refractivity contribution in [2.45, 2.75) is 46.8 Å². The van der Waals surface area contributed by atoms with E-state index < -0.39 is 0 Å². The number of aryl methyl sites for hydroxylation is 3. The van der Waals surface area contributed by atoms with Crippen molar-refractivity contribution in [3.05, 3.63) is 94.3 Å². The molecule has 10 heteroatoms. The summed E-state index contributed by atoms with van der Waals surface area (Å²) in [6.45, 7) is 8.00. The quantitative estimate of drug-likeness (QED) is 0.268. The molecule has 1 amide bonds. The normalized spacial score (nSPS) is 12.0. The Labute approximate surface area is 224 Å². The Bertz CT molecular complexity index is 1610. The van der Waals surface area contributed by atoms with E-state index in [0.29, 0.717) is 22.7 Å². The summed E-state index contributed by atoms with van der Waals surface area (Å²) in [7, 11) is 0. The van der Waals surface area contributed by atoms with Crippen molar-refractivity contribution in [3.63, 3.8) is 0 Å². The minimum Gasteiger partial charge on any atom is -0.487 e. The zero-order chi connectivity index (χ0) is 26.8. The Morgan fingerprint density at radius 3 is 2.74 bits per heavy atom. The number of carbonyl (C=O) groups is 1. The number of hydrogen-bond donors (Lipinski definition) is 1. The van der Waals surface area contributed by atoms with Crippen LogP contribution in [0.2, 0.25) is 5.02 Å². The standard InChI is InChI=1S/C28H27ClN6O3/c1-5-23(34-28(36)24-13-37-15-31-24)20-9-16(2)10-22(29)21(20)12-38-26-8-6-7-19-25(11-17(3)33-27(19)26)35-18(4)30-14-32-35/h6-11,13-15,23H,5,12H2,1-4H3,(H,34,36)/t23-/m0/s1. The van der Waals surface area contributed by atoms with E-state index in [9.17, 15) is 4.79 Å². The van der Waals surface area contributed by atoms with E-state index in [0.717, 1.165) is 39.3 Å². The summed E-state index contributed by atoms with van der Waals surface area (Å²) in [4.78, 5) is 25.7. The zero-order valence-electron chi connectivity index (χ0n) is 21.5. The minimum atomic E-state index is -0.320. The molecule has 3 heterocycles. The smallest absolute Gasteiger partial charge is 0.273 e. The highest BCUT2D eigenvalue weighted by Crippen LogP contribution is 2.33. The zero-order valence-corrected chi connectivity index (χ0v) is 22.3. The van der Waals surface area contributed by atoms with E-state index in [-0.39, 0.29) is 24.2 Å². The predicted octanol–water partition coefficient (Wildman–Crippen LogP) is 5.84. The number of para-hydroxylation sites is 1. The number of carbonyl (C=O) groups excluding carboxylic acids is 1. The summed E-state index contributed by atoms with van der Waals surface area (Å²) in [5.41, 5.74) is 5.30. The summed E-state index contributed by atoms with van der Waals surface area (Å²) in [6.07, 6.45) is 4.73. The number of pyridine rings is 1. The van der Waals surface area contributed by atoms with Crippen molar-refractivity contribution in [1.29, 1.82) is 0 Å². The lowest BCUT2D eigenvalue weighted by atomic mass is 9.96. The Hall–Kier alpha value is -4.24. The number of nitrogens with one attached hydrogen (secondary N) is 1. The number of amides is 1. The third kappa shape index (κ3) is 4.97. The van der Waals surface area contributed by atoms with Gasteiger partial charge in [0.25, 0.3) is 5.91 Å². The number of ether oxygens (including phenoxy) is 1. The molecule has 0 saturated heterocycles. The Morgan fingerprint density at radius 1 is 1.18 bits per heavy atom. The van der Waals surface area contributed by atoms with Gasteiger partial charge in [-0.2, -0.15) is 5.10 Å². The van der Waals surface area contributed by atoms with Crippen LogP contribution in [0.4, 0.5) is 0 Å². The molecule has 0 radical (unpaired) electrons. The molecule has 3 aromatic heterocycles. The number of nitrogens with zero attached hydrogens (tertiary/aromatic N) is 5. The van der Waals surface area contributed by atoms with Crippen LogP contribution in [0.1, 0.15) is 58.1 Å². The van der Waals surface area contributed by atoms with Gasteiger partial charge in [0.15, 0.2) is 12.1 Å². The van der Waals surface area contributed by atoms with Gasteiger partial charge in [-0.05, 0) is 56.5 Å². The number of oxazole rings is 1. The second-order valence-electron chi connectivity index (χ2n) is 9.07. The van der Waals surface area contributed by atoms with Crippen LogP contribution in [0.3, 0.4) is 0 Å². The number of hydrogen-bond acceptors (Lipinski definition) is 7.